The van der Waals surface area contributed by atoms with Crippen LogP contribution in [0.25, 0.3) is 0 Å². The largest absolute Gasteiger partial charge is 0.477 e. The van der Waals surface area contributed by atoms with Crippen molar-refractivity contribution in [2.45, 2.75) is 0 Å². The maximum absolute atomic E-state index is 10.6. The zero-order valence-corrected chi connectivity index (χ0v) is 6.71. The van der Waals surface area contributed by atoms with Crippen molar-refractivity contribution in [3.8, 4) is 0 Å². The van der Waals surface area contributed by atoms with Gasteiger partial charge in [-0.2, -0.15) is 4.83 Å². The molecule has 2 aliphatic rings. The van der Waals surface area contributed by atoms with Gasteiger partial charge in [0.05, 0.1) is 0 Å². The Bertz CT molecular complexity index is 321. The molecule has 2 rings (SSSR count). The Labute approximate surface area is 72.6 Å². The summed E-state index contributed by atoms with van der Waals surface area (Å²) >= 11 is 1.05. The van der Waals surface area contributed by atoms with Gasteiger partial charge in [0.2, 0.25) is 0 Å². The van der Waals surface area contributed by atoms with Gasteiger partial charge in [0.1, 0.15) is 0 Å². The summed E-state index contributed by atoms with van der Waals surface area (Å²) in [6.45, 7) is 0. The van der Waals surface area contributed by atoms with Crippen molar-refractivity contribution in [3.05, 3.63) is 23.0 Å². The van der Waals surface area contributed by atoms with Crippen LogP contribution in [0.5, 0.6) is 0 Å². The molecule has 0 aromatic rings. The number of hydrogen-bond donors (Lipinski definition) is 2. The van der Waals surface area contributed by atoms with Crippen LogP contribution in [-0.2, 0) is 4.79 Å². The van der Waals surface area contributed by atoms with E-state index in [9.17, 15) is 4.79 Å². The lowest BCUT2D eigenvalue weighted by Gasteiger charge is -2.14. The molecule has 0 atom stereocenters. The van der Waals surface area contributed by atoms with Crippen LogP contribution < -0.4 is 4.83 Å². The first-order valence-corrected chi connectivity index (χ1v) is 4.01. The van der Waals surface area contributed by atoms with Crippen LogP contribution in [0.3, 0.4) is 0 Å². The second kappa shape index (κ2) is 2.65. The Kier molecular flexibility index (Phi) is 1.63. The number of rotatable bonds is 1. The predicted octanol–water partition coefficient (Wildman–Crippen LogP) is 0.307. The second-order valence-corrected chi connectivity index (χ2v) is 2.94. The van der Waals surface area contributed by atoms with Gasteiger partial charge in [-0.1, -0.05) is 0 Å². The topological polar surface area (TPSA) is 64.9 Å². The Balaban J connectivity index is 2.40. The number of carboxylic acids is 1. The number of hydrogen-bond acceptors (Lipinski definition) is 5. The zero-order chi connectivity index (χ0) is 8.55. The molecule has 0 aromatic heterocycles. The fourth-order valence-electron chi connectivity index (χ4n) is 0.892. The molecule has 6 heteroatoms. The standard InChI is InChI=1S/C6H5N3O2S/c10-6(11)4-5-7-2-1-3-9(5)8-12-4/h1-3,8H,(H,10,11). The Morgan fingerprint density at radius 1 is 1.75 bits per heavy atom. The Morgan fingerprint density at radius 2 is 2.58 bits per heavy atom. The SMILES string of the molecule is O=C(O)C1=C2N=CC=CN2NS1. The maximum Gasteiger partial charge on any atom is 0.347 e. The number of carbonyl (C=O) groups is 1. The fraction of sp³-hybridized carbons (Fsp3) is 0. The van der Waals surface area contributed by atoms with Crippen molar-refractivity contribution in [2.24, 2.45) is 4.99 Å². The van der Waals surface area contributed by atoms with E-state index in [1.807, 2.05) is 0 Å². The Hall–Kier alpha value is -1.27. The lowest BCUT2D eigenvalue weighted by molar-refractivity contribution is -0.131. The van der Waals surface area contributed by atoms with Gasteiger partial charge >= 0.3 is 5.97 Å². The van der Waals surface area contributed by atoms with Crippen molar-refractivity contribution in [3.63, 3.8) is 0 Å². The Morgan fingerprint density at radius 3 is 3.33 bits per heavy atom. The molecule has 0 aromatic carbocycles. The highest BCUT2D eigenvalue weighted by molar-refractivity contribution is 8.02. The normalized spacial score (nSPS) is 20.2. The minimum absolute atomic E-state index is 0.218. The molecular weight excluding hydrogens is 178 g/mol. The van der Waals surface area contributed by atoms with Gasteiger partial charge in [-0.15, -0.1) is 0 Å². The van der Waals surface area contributed by atoms with Gasteiger partial charge in [0.25, 0.3) is 0 Å². The summed E-state index contributed by atoms with van der Waals surface area (Å²) in [4.78, 5) is 17.5. The summed E-state index contributed by atoms with van der Waals surface area (Å²) in [5.41, 5.74) is 0. The van der Waals surface area contributed by atoms with E-state index in [1.54, 1.807) is 23.5 Å². The summed E-state index contributed by atoms with van der Waals surface area (Å²) in [6.07, 6.45) is 5.00. The van der Waals surface area contributed by atoms with E-state index < -0.39 is 5.97 Å². The molecule has 2 N–H and O–H groups in total. The van der Waals surface area contributed by atoms with Crippen molar-refractivity contribution < 1.29 is 9.90 Å². The molecule has 0 fully saturated rings. The average molecular weight is 183 g/mol. The number of aliphatic carboxylic acids is 1. The van der Waals surface area contributed by atoms with Crippen LogP contribution in [-0.4, -0.2) is 22.3 Å². The molecule has 0 bridgehead atoms. The summed E-state index contributed by atoms with van der Waals surface area (Å²) in [5.74, 6) is -0.521. The molecule has 12 heavy (non-hydrogen) atoms. The number of nitrogens with one attached hydrogen (secondary N) is 1. The van der Waals surface area contributed by atoms with Gasteiger partial charge in [0.15, 0.2) is 10.7 Å². The quantitative estimate of drug-likeness (QED) is 0.573. The van der Waals surface area contributed by atoms with Gasteiger partial charge in [-0.05, 0) is 18.0 Å². The maximum atomic E-state index is 10.6. The van der Waals surface area contributed by atoms with Crippen molar-refractivity contribution in [1.29, 1.82) is 0 Å². The molecule has 0 aliphatic carbocycles. The highest BCUT2D eigenvalue weighted by Crippen LogP contribution is 2.29. The highest BCUT2D eigenvalue weighted by atomic mass is 32.2. The number of nitrogens with zero attached hydrogens (tertiary/aromatic N) is 2. The molecule has 0 unspecified atom stereocenters. The molecular formula is C6H5N3O2S. The molecule has 0 saturated heterocycles. The summed E-state index contributed by atoms with van der Waals surface area (Å²) in [7, 11) is 0. The van der Waals surface area contributed by atoms with E-state index in [0.717, 1.165) is 11.9 Å². The number of fused-ring (bicyclic) bond motifs is 1. The van der Waals surface area contributed by atoms with E-state index in [1.165, 1.54) is 0 Å². The molecule has 5 nitrogen and oxygen atoms in total. The predicted molar refractivity (Wildman–Crippen MR) is 44.9 cm³/mol. The number of aliphatic imine (C=N–C) groups is 1. The lowest BCUT2D eigenvalue weighted by atomic mass is 10.5. The first kappa shape index (κ1) is 7.38. The first-order chi connectivity index (χ1) is 5.79. The van der Waals surface area contributed by atoms with Crippen molar-refractivity contribution in [1.82, 2.24) is 9.84 Å². The van der Waals surface area contributed by atoms with E-state index in [-0.39, 0.29) is 4.91 Å². The average Bonchev–Trinajstić information content (AvgIpc) is 2.47. The fourth-order valence-corrected chi connectivity index (χ4v) is 1.56. The third-order valence-corrected chi connectivity index (χ3v) is 2.24. The number of carboxylic acid groups (broad SMARTS) is 1. The van der Waals surface area contributed by atoms with Crippen LogP contribution >= 0.6 is 11.9 Å². The van der Waals surface area contributed by atoms with Crippen LogP contribution in [0.15, 0.2) is 28.0 Å². The van der Waals surface area contributed by atoms with Gasteiger partial charge in [-0.25, -0.2) is 9.79 Å². The van der Waals surface area contributed by atoms with Crippen LogP contribution in [0.1, 0.15) is 0 Å². The molecule has 2 heterocycles. The van der Waals surface area contributed by atoms with E-state index >= 15 is 0 Å². The summed E-state index contributed by atoms with van der Waals surface area (Å²) < 4.78 is 0. The molecule has 62 valence electrons. The van der Waals surface area contributed by atoms with Crippen LogP contribution in [0, 0.1) is 0 Å². The van der Waals surface area contributed by atoms with Crippen LogP contribution in [0.2, 0.25) is 0 Å². The van der Waals surface area contributed by atoms with Crippen molar-refractivity contribution in [2.75, 3.05) is 0 Å². The summed E-state index contributed by atoms with van der Waals surface area (Å²) in [5, 5.41) is 10.3. The minimum Gasteiger partial charge on any atom is -0.477 e. The van der Waals surface area contributed by atoms with Gasteiger partial charge in [-0.3, -0.25) is 5.01 Å². The minimum atomic E-state index is -0.961. The lowest BCUT2D eigenvalue weighted by Crippen LogP contribution is -2.22. The molecule has 0 saturated carbocycles. The second-order valence-electron chi connectivity index (χ2n) is 2.14. The van der Waals surface area contributed by atoms with E-state index in [2.05, 4.69) is 9.82 Å². The van der Waals surface area contributed by atoms with E-state index in [0.29, 0.717) is 5.82 Å². The number of allylic oxidation sites excluding steroid dienone is 1. The summed E-state index contributed by atoms with van der Waals surface area (Å²) in [6, 6.07) is 0. The molecule has 0 spiro atoms. The zero-order valence-electron chi connectivity index (χ0n) is 5.89. The van der Waals surface area contributed by atoms with E-state index in [4.69, 9.17) is 5.11 Å². The van der Waals surface area contributed by atoms with Crippen LogP contribution in [0.4, 0.5) is 0 Å². The monoisotopic (exact) mass is 183 g/mol. The smallest absolute Gasteiger partial charge is 0.347 e. The van der Waals surface area contributed by atoms with Gasteiger partial charge in [0, 0.05) is 12.4 Å². The number of hydrazine groups is 1. The molecule has 0 amide bonds. The van der Waals surface area contributed by atoms with Crippen molar-refractivity contribution >= 4 is 24.1 Å². The highest BCUT2D eigenvalue weighted by Gasteiger charge is 2.27. The third kappa shape index (κ3) is 1.01. The first-order valence-electron chi connectivity index (χ1n) is 3.19. The molecule has 2 aliphatic heterocycles. The molecule has 0 radical (unpaired) electrons. The third-order valence-electron chi connectivity index (χ3n) is 1.39. The van der Waals surface area contributed by atoms with Gasteiger partial charge < -0.3 is 5.11 Å².